The average Bonchev–Trinajstić information content (AvgIpc) is 2.41. The number of halogens is 4. The second-order valence-electron chi connectivity index (χ2n) is 4.27. The van der Waals surface area contributed by atoms with Crippen LogP contribution in [0.4, 0.5) is 30.2 Å². The highest BCUT2D eigenvalue weighted by Gasteiger charge is 2.33. The van der Waals surface area contributed by atoms with Gasteiger partial charge in [0.05, 0.1) is 24.0 Å². The molecular formula is C14H12BrF3N2O. The summed E-state index contributed by atoms with van der Waals surface area (Å²) in [5, 5.41) is 2.86. The monoisotopic (exact) mass is 360 g/mol. The maximum atomic E-state index is 12.8. The van der Waals surface area contributed by atoms with E-state index in [1.54, 1.807) is 18.2 Å². The highest BCUT2D eigenvalue weighted by molar-refractivity contribution is 9.10. The van der Waals surface area contributed by atoms with Gasteiger partial charge in [-0.1, -0.05) is 15.9 Å². The predicted molar refractivity (Wildman–Crippen MR) is 79.8 cm³/mol. The fraction of sp³-hybridized carbons (Fsp3) is 0.143. The molecule has 2 aromatic carbocycles. The lowest BCUT2D eigenvalue weighted by atomic mass is 10.2. The Morgan fingerprint density at radius 3 is 2.43 bits per heavy atom. The largest absolute Gasteiger partial charge is 0.497 e. The molecule has 3 N–H and O–H groups in total. The third kappa shape index (κ3) is 3.60. The Kier molecular flexibility index (Phi) is 4.32. The summed E-state index contributed by atoms with van der Waals surface area (Å²) in [6, 6.07) is 8.79. The molecule has 0 radical (unpaired) electrons. The van der Waals surface area contributed by atoms with Crippen LogP contribution in [0.25, 0.3) is 0 Å². The van der Waals surface area contributed by atoms with E-state index in [0.717, 1.165) is 6.07 Å². The first-order valence-corrected chi connectivity index (χ1v) is 6.68. The van der Waals surface area contributed by atoms with Crippen molar-refractivity contribution >= 4 is 33.0 Å². The maximum Gasteiger partial charge on any atom is 0.417 e. The fourth-order valence-corrected chi connectivity index (χ4v) is 2.23. The van der Waals surface area contributed by atoms with Crippen molar-refractivity contribution in [3.8, 4) is 5.75 Å². The Morgan fingerprint density at radius 2 is 1.86 bits per heavy atom. The average molecular weight is 361 g/mol. The first-order chi connectivity index (χ1) is 9.81. The first kappa shape index (κ1) is 15.5. The maximum absolute atomic E-state index is 12.8. The second-order valence-corrected chi connectivity index (χ2v) is 5.12. The number of benzene rings is 2. The number of rotatable bonds is 3. The predicted octanol–water partition coefficient (Wildman–Crippen LogP) is 4.80. The number of nitrogens with two attached hydrogens (primary N) is 1. The van der Waals surface area contributed by atoms with Gasteiger partial charge in [-0.05, 0) is 30.3 Å². The minimum absolute atomic E-state index is 0.0109. The Labute approximate surface area is 128 Å². The molecule has 3 nitrogen and oxygen atoms in total. The van der Waals surface area contributed by atoms with E-state index in [4.69, 9.17) is 10.5 Å². The van der Waals surface area contributed by atoms with Gasteiger partial charge in [-0.25, -0.2) is 0 Å². The smallest absolute Gasteiger partial charge is 0.417 e. The number of hydrogen-bond acceptors (Lipinski definition) is 3. The number of nitrogen functional groups attached to an aromatic ring is 1. The topological polar surface area (TPSA) is 47.3 Å². The van der Waals surface area contributed by atoms with Gasteiger partial charge in [-0.3, -0.25) is 0 Å². The zero-order valence-corrected chi connectivity index (χ0v) is 12.5. The molecule has 0 saturated heterocycles. The molecule has 0 fully saturated rings. The minimum Gasteiger partial charge on any atom is -0.497 e. The van der Waals surface area contributed by atoms with Crippen LogP contribution in [-0.2, 0) is 6.18 Å². The second kappa shape index (κ2) is 5.85. The summed E-state index contributed by atoms with van der Waals surface area (Å²) in [6.45, 7) is 0. The number of methoxy groups -OCH3 is 1. The third-order valence-electron chi connectivity index (χ3n) is 2.81. The lowest BCUT2D eigenvalue weighted by Crippen LogP contribution is -2.07. The molecule has 0 heterocycles. The summed E-state index contributed by atoms with van der Waals surface area (Å²) in [5.74, 6) is 0.574. The molecule has 2 aromatic rings. The molecule has 7 heteroatoms. The van der Waals surface area contributed by atoms with E-state index in [2.05, 4.69) is 21.2 Å². The van der Waals surface area contributed by atoms with Crippen LogP contribution in [-0.4, -0.2) is 7.11 Å². The van der Waals surface area contributed by atoms with Crippen molar-refractivity contribution in [2.24, 2.45) is 0 Å². The highest BCUT2D eigenvalue weighted by Crippen LogP contribution is 2.37. The standard InChI is InChI=1S/C14H12BrF3N2O/c1-21-9-3-5-13(12(19)7-9)20-8-2-4-11(15)10(6-8)14(16,17)18/h2-7,20H,19H2,1H3. The van der Waals surface area contributed by atoms with E-state index in [0.29, 0.717) is 22.8 Å². The summed E-state index contributed by atoms with van der Waals surface area (Å²) in [4.78, 5) is 0. The van der Waals surface area contributed by atoms with Crippen molar-refractivity contribution in [2.45, 2.75) is 6.18 Å². The van der Waals surface area contributed by atoms with Gasteiger partial charge in [-0.2, -0.15) is 13.2 Å². The van der Waals surface area contributed by atoms with Gasteiger partial charge in [0.2, 0.25) is 0 Å². The zero-order valence-electron chi connectivity index (χ0n) is 11.0. The van der Waals surface area contributed by atoms with Gasteiger partial charge in [0.25, 0.3) is 0 Å². The molecule has 0 aliphatic rings. The van der Waals surface area contributed by atoms with Gasteiger partial charge in [0, 0.05) is 16.2 Å². The molecule has 21 heavy (non-hydrogen) atoms. The molecule has 0 bridgehead atoms. The van der Waals surface area contributed by atoms with Crippen molar-refractivity contribution in [1.82, 2.24) is 0 Å². The summed E-state index contributed by atoms with van der Waals surface area (Å²) in [6.07, 6.45) is -4.43. The van der Waals surface area contributed by atoms with Crippen molar-refractivity contribution in [1.29, 1.82) is 0 Å². The van der Waals surface area contributed by atoms with Crippen LogP contribution >= 0.6 is 15.9 Å². The van der Waals surface area contributed by atoms with Gasteiger partial charge in [0.15, 0.2) is 0 Å². The number of ether oxygens (including phenoxy) is 1. The lowest BCUT2D eigenvalue weighted by molar-refractivity contribution is -0.138. The van der Waals surface area contributed by atoms with Crippen LogP contribution < -0.4 is 15.8 Å². The first-order valence-electron chi connectivity index (χ1n) is 5.88. The number of alkyl halides is 3. The van der Waals surface area contributed by atoms with Gasteiger partial charge in [0.1, 0.15) is 5.75 Å². The molecule has 0 spiro atoms. The minimum atomic E-state index is -4.43. The van der Waals surface area contributed by atoms with Crippen LogP contribution in [0.1, 0.15) is 5.56 Å². The Balaban J connectivity index is 2.32. The molecule has 0 atom stereocenters. The SMILES string of the molecule is COc1ccc(Nc2ccc(Br)c(C(F)(F)F)c2)c(N)c1. The quantitative estimate of drug-likeness (QED) is 0.772. The third-order valence-corrected chi connectivity index (χ3v) is 3.50. The van der Waals surface area contributed by atoms with Crippen LogP contribution in [0.5, 0.6) is 5.75 Å². The van der Waals surface area contributed by atoms with Gasteiger partial charge >= 0.3 is 6.18 Å². The highest BCUT2D eigenvalue weighted by atomic mass is 79.9. The van der Waals surface area contributed by atoms with Crippen molar-refractivity contribution in [2.75, 3.05) is 18.2 Å². The van der Waals surface area contributed by atoms with Gasteiger partial charge < -0.3 is 15.8 Å². The van der Waals surface area contributed by atoms with E-state index < -0.39 is 11.7 Å². The Bertz CT molecular complexity index is 659. The molecule has 0 amide bonds. The number of nitrogens with one attached hydrogen (secondary N) is 1. The summed E-state index contributed by atoms with van der Waals surface area (Å²) >= 11 is 2.90. The van der Waals surface area contributed by atoms with E-state index in [-0.39, 0.29) is 4.47 Å². The number of hydrogen-bond donors (Lipinski definition) is 2. The van der Waals surface area contributed by atoms with Crippen molar-refractivity contribution in [3.63, 3.8) is 0 Å². The normalized spacial score (nSPS) is 11.3. The van der Waals surface area contributed by atoms with Crippen LogP contribution in [0.15, 0.2) is 40.9 Å². The van der Waals surface area contributed by atoms with Crippen molar-refractivity contribution in [3.05, 3.63) is 46.4 Å². The molecular weight excluding hydrogens is 349 g/mol. The van der Waals surface area contributed by atoms with E-state index in [1.165, 1.54) is 19.2 Å². The molecule has 0 aliphatic heterocycles. The molecule has 0 unspecified atom stereocenters. The Morgan fingerprint density at radius 1 is 1.14 bits per heavy atom. The molecule has 112 valence electrons. The molecule has 2 rings (SSSR count). The Hall–Kier alpha value is -1.89. The van der Waals surface area contributed by atoms with Crippen LogP contribution in [0, 0.1) is 0 Å². The van der Waals surface area contributed by atoms with Crippen LogP contribution in [0.3, 0.4) is 0 Å². The summed E-state index contributed by atoms with van der Waals surface area (Å²) in [5.41, 5.74) is 6.25. The van der Waals surface area contributed by atoms with Crippen molar-refractivity contribution < 1.29 is 17.9 Å². The summed E-state index contributed by atoms with van der Waals surface area (Å²) < 4.78 is 43.5. The molecule has 0 aliphatic carbocycles. The molecule has 0 saturated carbocycles. The fourth-order valence-electron chi connectivity index (χ4n) is 1.76. The zero-order chi connectivity index (χ0) is 15.6. The van der Waals surface area contributed by atoms with Crippen LogP contribution in [0.2, 0.25) is 0 Å². The van der Waals surface area contributed by atoms with Gasteiger partial charge in [-0.15, -0.1) is 0 Å². The summed E-state index contributed by atoms with van der Waals surface area (Å²) in [7, 11) is 1.51. The van der Waals surface area contributed by atoms with E-state index >= 15 is 0 Å². The molecule has 0 aromatic heterocycles. The number of anilines is 3. The van der Waals surface area contributed by atoms with E-state index in [1.807, 2.05) is 0 Å². The lowest BCUT2D eigenvalue weighted by Gasteiger charge is -2.14. The van der Waals surface area contributed by atoms with E-state index in [9.17, 15) is 13.2 Å².